The summed E-state index contributed by atoms with van der Waals surface area (Å²) < 4.78 is 5.86. The van der Waals surface area contributed by atoms with Crippen LogP contribution in [0.2, 0.25) is 0 Å². The van der Waals surface area contributed by atoms with Crippen molar-refractivity contribution in [1.29, 1.82) is 0 Å². The number of unbranched alkanes of at least 4 members (excludes halogenated alkanes) is 2. The first-order valence-electron chi connectivity index (χ1n) is 6.60. The van der Waals surface area contributed by atoms with Gasteiger partial charge in [-0.25, -0.2) is 0 Å². The summed E-state index contributed by atoms with van der Waals surface area (Å²) in [5.74, 6) is 0. The van der Waals surface area contributed by atoms with Crippen molar-refractivity contribution in [3.8, 4) is 0 Å². The maximum Gasteiger partial charge on any atom is 0.252 e. The van der Waals surface area contributed by atoms with Gasteiger partial charge in [0.05, 0.1) is 6.10 Å². The van der Waals surface area contributed by atoms with Gasteiger partial charge in [-0.1, -0.05) is 38.8 Å². The van der Waals surface area contributed by atoms with Gasteiger partial charge in [-0.2, -0.15) is 0 Å². The molecule has 0 N–H and O–H groups in total. The molecule has 0 saturated carbocycles. The second-order valence-corrected chi connectivity index (χ2v) is 4.71. The molecule has 0 aromatic heterocycles. The lowest BCUT2D eigenvalue weighted by atomic mass is 10.1. The largest absolute Gasteiger partial charge is 0.374 e. The number of benzene rings is 1. The van der Waals surface area contributed by atoms with Crippen LogP contribution < -0.4 is 0 Å². The molecule has 1 aromatic rings. The van der Waals surface area contributed by atoms with Crippen LogP contribution in [0.5, 0.6) is 0 Å². The number of hydrogen-bond donors (Lipinski definition) is 0. The van der Waals surface area contributed by atoms with Gasteiger partial charge in [0.1, 0.15) is 0 Å². The summed E-state index contributed by atoms with van der Waals surface area (Å²) >= 11 is 5.42. The Morgan fingerprint density at radius 3 is 2.39 bits per heavy atom. The molecule has 0 fully saturated rings. The fourth-order valence-electron chi connectivity index (χ4n) is 1.86. The minimum absolute atomic E-state index is 0.112. The topological polar surface area (TPSA) is 26.3 Å². The molecule has 0 aliphatic carbocycles. The maximum absolute atomic E-state index is 11.0. The Morgan fingerprint density at radius 1 is 1.22 bits per heavy atom. The van der Waals surface area contributed by atoms with Gasteiger partial charge in [0, 0.05) is 12.2 Å². The summed E-state index contributed by atoms with van der Waals surface area (Å²) in [4.78, 5) is 11.0. The van der Waals surface area contributed by atoms with E-state index in [1.54, 1.807) is 12.1 Å². The average molecular weight is 269 g/mol. The Labute approximate surface area is 114 Å². The molecule has 0 amide bonds. The van der Waals surface area contributed by atoms with Crippen LogP contribution >= 0.6 is 11.6 Å². The van der Waals surface area contributed by atoms with Crippen LogP contribution in [-0.4, -0.2) is 11.8 Å². The molecule has 0 heterocycles. The second kappa shape index (κ2) is 8.28. The van der Waals surface area contributed by atoms with Crippen LogP contribution in [-0.2, 0) is 4.74 Å². The third kappa shape index (κ3) is 4.79. The normalized spacial score (nSPS) is 12.4. The Kier molecular flexibility index (Phi) is 6.99. The van der Waals surface area contributed by atoms with Crippen LogP contribution in [0.1, 0.15) is 61.6 Å². The summed E-state index contributed by atoms with van der Waals surface area (Å²) in [6.45, 7) is 5.08. The van der Waals surface area contributed by atoms with Crippen molar-refractivity contribution in [3.05, 3.63) is 35.4 Å². The monoisotopic (exact) mass is 268 g/mol. The molecule has 0 aliphatic heterocycles. The standard InChI is InChI=1S/C15H21ClO2/c1-3-5-6-11-18-14(4-2)12-7-9-13(10-8-12)15(16)17/h7-10,14H,3-6,11H2,1-2H3. The molecule has 100 valence electrons. The van der Waals surface area contributed by atoms with Crippen molar-refractivity contribution in [1.82, 2.24) is 0 Å². The molecule has 1 atom stereocenters. The van der Waals surface area contributed by atoms with Crippen LogP contribution in [0.4, 0.5) is 0 Å². The number of ether oxygens (including phenoxy) is 1. The Hall–Kier alpha value is -0.860. The van der Waals surface area contributed by atoms with E-state index in [0.29, 0.717) is 5.56 Å². The van der Waals surface area contributed by atoms with Gasteiger partial charge >= 0.3 is 0 Å². The van der Waals surface area contributed by atoms with Crippen LogP contribution in [0, 0.1) is 0 Å². The predicted octanol–water partition coefficient (Wildman–Crippen LogP) is 4.72. The van der Waals surface area contributed by atoms with E-state index in [0.717, 1.165) is 25.0 Å². The van der Waals surface area contributed by atoms with Gasteiger partial charge in [0.25, 0.3) is 5.24 Å². The first-order valence-corrected chi connectivity index (χ1v) is 6.98. The lowest BCUT2D eigenvalue weighted by Crippen LogP contribution is -2.05. The molecular formula is C15H21ClO2. The minimum atomic E-state index is -0.418. The van der Waals surface area contributed by atoms with Crippen molar-refractivity contribution in [2.75, 3.05) is 6.61 Å². The first-order chi connectivity index (χ1) is 8.69. The second-order valence-electron chi connectivity index (χ2n) is 4.37. The smallest absolute Gasteiger partial charge is 0.252 e. The lowest BCUT2D eigenvalue weighted by Gasteiger charge is -2.16. The first kappa shape index (κ1) is 15.2. The average Bonchev–Trinajstić information content (AvgIpc) is 2.39. The molecule has 18 heavy (non-hydrogen) atoms. The van der Waals surface area contributed by atoms with E-state index in [1.807, 2.05) is 12.1 Å². The van der Waals surface area contributed by atoms with E-state index in [4.69, 9.17) is 16.3 Å². The highest BCUT2D eigenvalue weighted by Gasteiger charge is 2.10. The molecule has 0 aliphatic rings. The zero-order valence-corrected chi connectivity index (χ0v) is 11.9. The molecular weight excluding hydrogens is 248 g/mol. The quantitative estimate of drug-likeness (QED) is 0.504. The highest BCUT2D eigenvalue weighted by atomic mass is 35.5. The number of carbonyl (C=O) groups excluding carboxylic acids is 1. The summed E-state index contributed by atoms with van der Waals surface area (Å²) in [5, 5.41) is -0.418. The van der Waals surface area contributed by atoms with Crippen molar-refractivity contribution in [2.45, 2.75) is 45.6 Å². The number of rotatable bonds is 8. The summed E-state index contributed by atoms with van der Waals surface area (Å²) in [5.41, 5.74) is 1.64. The van der Waals surface area contributed by atoms with Crippen LogP contribution in [0.25, 0.3) is 0 Å². The molecule has 1 unspecified atom stereocenters. The zero-order chi connectivity index (χ0) is 13.4. The predicted molar refractivity (Wildman–Crippen MR) is 75.1 cm³/mol. The Bertz CT molecular complexity index is 359. The molecule has 3 heteroatoms. The van der Waals surface area contributed by atoms with Gasteiger partial charge in [0.2, 0.25) is 0 Å². The van der Waals surface area contributed by atoms with E-state index < -0.39 is 5.24 Å². The molecule has 0 spiro atoms. The molecule has 0 saturated heterocycles. The maximum atomic E-state index is 11.0. The van der Waals surface area contributed by atoms with Crippen LogP contribution in [0.15, 0.2) is 24.3 Å². The molecule has 2 nitrogen and oxygen atoms in total. The van der Waals surface area contributed by atoms with Crippen molar-refractivity contribution in [2.24, 2.45) is 0 Å². The van der Waals surface area contributed by atoms with Gasteiger partial charge in [-0.05, 0) is 42.1 Å². The van der Waals surface area contributed by atoms with Gasteiger partial charge in [0.15, 0.2) is 0 Å². The van der Waals surface area contributed by atoms with Gasteiger partial charge in [-0.3, -0.25) is 4.79 Å². The van der Waals surface area contributed by atoms with Gasteiger partial charge in [-0.15, -0.1) is 0 Å². The molecule has 0 radical (unpaired) electrons. The van der Waals surface area contributed by atoms with Crippen molar-refractivity contribution >= 4 is 16.8 Å². The van der Waals surface area contributed by atoms with Crippen molar-refractivity contribution in [3.63, 3.8) is 0 Å². The minimum Gasteiger partial charge on any atom is -0.374 e. The van der Waals surface area contributed by atoms with E-state index in [9.17, 15) is 4.79 Å². The molecule has 0 bridgehead atoms. The van der Waals surface area contributed by atoms with Crippen molar-refractivity contribution < 1.29 is 9.53 Å². The number of hydrogen-bond acceptors (Lipinski definition) is 2. The highest BCUT2D eigenvalue weighted by Crippen LogP contribution is 2.22. The number of halogens is 1. The fourth-order valence-corrected chi connectivity index (χ4v) is 1.98. The Morgan fingerprint density at radius 2 is 1.89 bits per heavy atom. The molecule has 1 aromatic carbocycles. The third-order valence-electron chi connectivity index (χ3n) is 2.95. The van der Waals surface area contributed by atoms with E-state index in [2.05, 4.69) is 13.8 Å². The van der Waals surface area contributed by atoms with E-state index in [-0.39, 0.29) is 6.10 Å². The van der Waals surface area contributed by atoms with Crippen LogP contribution in [0.3, 0.4) is 0 Å². The summed E-state index contributed by atoms with van der Waals surface area (Å²) in [6, 6.07) is 7.35. The van der Waals surface area contributed by atoms with E-state index >= 15 is 0 Å². The summed E-state index contributed by atoms with van der Waals surface area (Å²) in [6.07, 6.45) is 4.55. The zero-order valence-electron chi connectivity index (χ0n) is 11.1. The lowest BCUT2D eigenvalue weighted by molar-refractivity contribution is 0.0475. The van der Waals surface area contributed by atoms with Gasteiger partial charge < -0.3 is 4.74 Å². The molecule has 1 rings (SSSR count). The SMILES string of the molecule is CCCCCOC(CC)c1ccc(C(=O)Cl)cc1. The third-order valence-corrected chi connectivity index (χ3v) is 3.17. The van der Waals surface area contributed by atoms with E-state index in [1.165, 1.54) is 12.8 Å². The highest BCUT2D eigenvalue weighted by molar-refractivity contribution is 6.67. The Balaban J connectivity index is 2.56. The summed E-state index contributed by atoms with van der Waals surface area (Å²) in [7, 11) is 0. The number of carbonyl (C=O) groups is 1. The fraction of sp³-hybridized carbons (Fsp3) is 0.533.